The molecular formula is C22H22N3OS+. The predicted octanol–water partition coefficient (Wildman–Crippen LogP) is 2.98. The lowest BCUT2D eigenvalue weighted by molar-refractivity contribution is -0.499. The molecule has 0 spiro atoms. The molecule has 0 aliphatic rings. The summed E-state index contributed by atoms with van der Waals surface area (Å²) in [6.45, 7) is 2.64. The maximum Gasteiger partial charge on any atom is 0.228 e. The third kappa shape index (κ3) is 6.24. The summed E-state index contributed by atoms with van der Waals surface area (Å²) >= 11 is 5.24. The highest BCUT2D eigenvalue weighted by Gasteiger charge is 2.00. The summed E-state index contributed by atoms with van der Waals surface area (Å²) in [5.41, 5.74) is 7.27. The van der Waals surface area contributed by atoms with Gasteiger partial charge < -0.3 is 10.1 Å². The number of thiocarbonyl (C=S) groups is 1. The molecule has 0 heterocycles. The molecule has 0 aliphatic heterocycles. The number of hydrazine groups is 1. The van der Waals surface area contributed by atoms with Crippen molar-refractivity contribution in [2.24, 2.45) is 0 Å². The number of ether oxygens (including phenoxy) is 1. The molecule has 0 saturated heterocycles. The van der Waals surface area contributed by atoms with Crippen LogP contribution in [0.25, 0.3) is 0 Å². The van der Waals surface area contributed by atoms with Crippen molar-refractivity contribution in [2.75, 3.05) is 5.32 Å². The lowest BCUT2D eigenvalue weighted by Crippen LogP contribution is -2.82. The number of para-hydroxylation sites is 1. The topological polar surface area (TPSA) is 47.3 Å². The second-order valence-electron chi connectivity index (χ2n) is 6.08. The van der Waals surface area contributed by atoms with Crippen LogP contribution in [0.1, 0.15) is 16.7 Å². The third-order valence-electron chi connectivity index (χ3n) is 3.82. The Hall–Kier alpha value is -3.18. The first-order valence-electron chi connectivity index (χ1n) is 8.68. The van der Waals surface area contributed by atoms with Gasteiger partial charge in [0.1, 0.15) is 12.4 Å². The zero-order chi connectivity index (χ0) is 18.9. The highest BCUT2D eigenvalue weighted by atomic mass is 32.1. The van der Waals surface area contributed by atoms with Crippen LogP contribution >= 0.6 is 12.2 Å². The first kappa shape index (κ1) is 18.6. The van der Waals surface area contributed by atoms with Crippen molar-refractivity contribution < 1.29 is 9.84 Å². The number of nitrogens with one attached hydrogen (secondary N) is 3. The molecule has 0 radical (unpaired) electrons. The number of anilines is 1. The van der Waals surface area contributed by atoms with Crippen molar-refractivity contribution in [3.63, 3.8) is 0 Å². The fourth-order valence-electron chi connectivity index (χ4n) is 2.50. The van der Waals surface area contributed by atoms with Crippen LogP contribution in [0.15, 0.2) is 78.9 Å². The predicted molar refractivity (Wildman–Crippen MR) is 114 cm³/mol. The molecule has 0 unspecified atom stereocenters. The van der Waals surface area contributed by atoms with Crippen molar-refractivity contribution in [1.82, 2.24) is 5.43 Å². The molecule has 3 aromatic carbocycles. The summed E-state index contributed by atoms with van der Waals surface area (Å²) in [5, 5.41) is 6.57. The van der Waals surface area contributed by atoms with Crippen molar-refractivity contribution in [1.29, 1.82) is 0 Å². The van der Waals surface area contributed by atoms with E-state index in [9.17, 15) is 0 Å². The summed E-state index contributed by atoms with van der Waals surface area (Å²) in [6.07, 6.45) is 1.84. The minimum atomic E-state index is 0.496. The molecule has 4 nitrogen and oxygen atoms in total. The van der Waals surface area contributed by atoms with E-state index in [-0.39, 0.29) is 0 Å². The highest BCUT2D eigenvalue weighted by Crippen LogP contribution is 2.14. The number of rotatable bonds is 6. The van der Waals surface area contributed by atoms with Crippen LogP contribution in [0.3, 0.4) is 0 Å². The Morgan fingerprint density at radius 1 is 1.00 bits per heavy atom. The number of benzene rings is 3. The Morgan fingerprint density at radius 2 is 1.78 bits per heavy atom. The molecule has 0 bridgehead atoms. The molecule has 3 aromatic rings. The summed E-state index contributed by atoms with van der Waals surface area (Å²) in [4.78, 5) is 0. The van der Waals surface area contributed by atoms with E-state index >= 15 is 0 Å². The van der Waals surface area contributed by atoms with Gasteiger partial charge in [-0.3, -0.25) is 0 Å². The lowest BCUT2D eigenvalue weighted by Gasteiger charge is -2.07. The van der Waals surface area contributed by atoms with Gasteiger partial charge in [0.15, 0.2) is 6.21 Å². The van der Waals surface area contributed by atoms with Gasteiger partial charge in [0.2, 0.25) is 5.11 Å². The summed E-state index contributed by atoms with van der Waals surface area (Å²) in [5.74, 6) is 0.836. The first-order chi connectivity index (χ1) is 13.2. The van der Waals surface area contributed by atoms with Gasteiger partial charge in [-0.1, -0.05) is 48.0 Å². The molecule has 0 aromatic heterocycles. The number of hydrazone groups is 1. The van der Waals surface area contributed by atoms with Crippen LogP contribution in [0.2, 0.25) is 0 Å². The van der Waals surface area contributed by atoms with Crippen molar-refractivity contribution in [3.05, 3.63) is 95.6 Å². The zero-order valence-electron chi connectivity index (χ0n) is 15.1. The minimum Gasteiger partial charge on any atom is -0.489 e. The molecule has 136 valence electrons. The fourth-order valence-corrected chi connectivity index (χ4v) is 2.67. The van der Waals surface area contributed by atoms with Gasteiger partial charge in [-0.25, -0.2) is 0 Å². The lowest BCUT2D eigenvalue weighted by atomic mass is 10.1. The van der Waals surface area contributed by atoms with Crippen LogP contribution in [0.4, 0.5) is 5.69 Å². The minimum absolute atomic E-state index is 0.496. The molecule has 0 amide bonds. The molecule has 5 heteroatoms. The number of hydrogen-bond donors (Lipinski definition) is 3. The second-order valence-corrected chi connectivity index (χ2v) is 6.49. The van der Waals surface area contributed by atoms with Crippen LogP contribution < -0.4 is 20.6 Å². The monoisotopic (exact) mass is 376 g/mol. The van der Waals surface area contributed by atoms with E-state index in [4.69, 9.17) is 17.0 Å². The summed E-state index contributed by atoms with van der Waals surface area (Å²) in [7, 11) is 0. The average molecular weight is 377 g/mol. The number of hydrogen-bond acceptors (Lipinski definition) is 2. The standard InChI is InChI=1S/C22H21N3OS/c1-17-6-5-7-19(14-17)16-26-21-12-10-18(11-13-21)15-23-25-22(27)24-20-8-3-2-4-9-20/h2-15H,16H2,1H3,(H2,24,25,27)/p+1. The van der Waals surface area contributed by atoms with Gasteiger partial charge in [0, 0.05) is 11.3 Å². The Balaban J connectivity index is 1.47. The summed E-state index contributed by atoms with van der Waals surface area (Å²) < 4.78 is 5.83. The molecule has 3 N–H and O–H groups in total. The SMILES string of the molecule is Cc1cccc(COc2ccc(C=[NH+]NC(=S)Nc3ccccc3)cc2)c1. The average Bonchev–Trinajstić information content (AvgIpc) is 2.68. The quantitative estimate of drug-likeness (QED) is 0.352. The van der Waals surface area contributed by atoms with Gasteiger partial charge in [0.25, 0.3) is 0 Å². The number of aryl methyl sites for hydroxylation is 1. The van der Waals surface area contributed by atoms with E-state index in [2.05, 4.69) is 41.0 Å². The van der Waals surface area contributed by atoms with Gasteiger partial charge in [-0.15, -0.1) is 10.5 Å². The largest absolute Gasteiger partial charge is 0.489 e. The molecule has 3 rings (SSSR count). The molecule has 0 aliphatic carbocycles. The van der Waals surface area contributed by atoms with Crippen molar-refractivity contribution >= 4 is 29.2 Å². The van der Waals surface area contributed by atoms with Crippen molar-refractivity contribution in [2.45, 2.75) is 13.5 Å². The van der Waals surface area contributed by atoms with Crippen LogP contribution in [-0.4, -0.2) is 11.3 Å². The van der Waals surface area contributed by atoms with Gasteiger partial charge in [-0.2, -0.15) is 0 Å². The maximum atomic E-state index is 5.83. The smallest absolute Gasteiger partial charge is 0.228 e. The zero-order valence-corrected chi connectivity index (χ0v) is 15.9. The molecule has 27 heavy (non-hydrogen) atoms. The Kier molecular flexibility index (Phi) is 6.55. The van der Waals surface area contributed by atoms with Gasteiger partial charge in [-0.05, 0) is 61.1 Å². The molecule has 0 fully saturated rings. The highest BCUT2D eigenvalue weighted by molar-refractivity contribution is 7.80. The molecular weight excluding hydrogens is 354 g/mol. The van der Waals surface area contributed by atoms with Crippen molar-refractivity contribution in [3.8, 4) is 5.75 Å². The van der Waals surface area contributed by atoms with E-state index in [1.54, 1.807) is 0 Å². The molecule has 0 atom stereocenters. The van der Waals surface area contributed by atoms with E-state index in [1.807, 2.05) is 66.9 Å². The Labute approximate surface area is 164 Å². The van der Waals surface area contributed by atoms with Crippen LogP contribution in [0, 0.1) is 6.92 Å². The molecule has 0 saturated carbocycles. The Bertz CT molecular complexity index is 908. The van der Waals surface area contributed by atoms with Gasteiger partial charge >= 0.3 is 0 Å². The van der Waals surface area contributed by atoms with Gasteiger partial charge in [0.05, 0.1) is 0 Å². The first-order valence-corrected chi connectivity index (χ1v) is 9.09. The normalized spacial score (nSPS) is 10.6. The Morgan fingerprint density at radius 3 is 2.52 bits per heavy atom. The van der Waals surface area contributed by atoms with E-state index in [0.717, 1.165) is 22.6 Å². The third-order valence-corrected chi connectivity index (χ3v) is 4.03. The summed E-state index contributed by atoms with van der Waals surface area (Å²) in [6, 6.07) is 25.9. The van der Waals surface area contributed by atoms with Crippen LogP contribution in [-0.2, 0) is 6.61 Å². The van der Waals surface area contributed by atoms with E-state index in [0.29, 0.717) is 11.7 Å². The second kappa shape index (κ2) is 9.50. The maximum absolute atomic E-state index is 5.83. The fraction of sp³-hybridized carbons (Fsp3) is 0.0909. The van der Waals surface area contributed by atoms with Crippen LogP contribution in [0.5, 0.6) is 5.75 Å². The van der Waals surface area contributed by atoms with E-state index in [1.165, 1.54) is 5.56 Å². The van der Waals surface area contributed by atoms with E-state index < -0.39 is 0 Å².